The first-order valence-electron chi connectivity index (χ1n) is 5.98. The molecule has 0 unspecified atom stereocenters. The third-order valence-electron chi connectivity index (χ3n) is 2.64. The highest BCUT2D eigenvalue weighted by molar-refractivity contribution is 8.13. The summed E-state index contributed by atoms with van der Waals surface area (Å²) in [5.41, 5.74) is 0.929. The van der Waals surface area contributed by atoms with Crippen molar-refractivity contribution < 1.29 is 14.1 Å². The number of thioether (sulfide) groups is 1. The van der Waals surface area contributed by atoms with Crippen LogP contribution in [0.2, 0.25) is 0 Å². The SMILES string of the molecule is O=C(Nc1ccc(F)cc1)SCc1ccccc1[N+](=O)[O-]. The molecule has 1 N–H and O–H groups in total. The maximum absolute atomic E-state index is 12.7. The molecule has 2 rings (SSSR count). The average molecular weight is 306 g/mol. The number of nitrogens with one attached hydrogen (secondary N) is 1. The minimum absolute atomic E-state index is 0.0143. The molecule has 0 saturated heterocycles. The fraction of sp³-hybridized carbons (Fsp3) is 0.0714. The van der Waals surface area contributed by atoms with E-state index in [0.29, 0.717) is 11.3 Å². The van der Waals surface area contributed by atoms with Crippen molar-refractivity contribution in [1.82, 2.24) is 0 Å². The molecule has 0 aliphatic carbocycles. The molecule has 0 spiro atoms. The molecule has 5 nitrogen and oxygen atoms in total. The Morgan fingerprint density at radius 3 is 2.52 bits per heavy atom. The maximum Gasteiger partial charge on any atom is 0.283 e. The number of nitro benzene ring substituents is 1. The van der Waals surface area contributed by atoms with Crippen LogP contribution in [-0.4, -0.2) is 10.2 Å². The first-order valence-corrected chi connectivity index (χ1v) is 6.96. The van der Waals surface area contributed by atoms with Crippen LogP contribution in [0, 0.1) is 15.9 Å². The quantitative estimate of drug-likeness (QED) is 0.678. The van der Waals surface area contributed by atoms with E-state index >= 15 is 0 Å². The van der Waals surface area contributed by atoms with Gasteiger partial charge in [-0.05, 0) is 24.3 Å². The molecule has 0 atom stereocenters. The predicted molar refractivity (Wildman–Crippen MR) is 79.8 cm³/mol. The van der Waals surface area contributed by atoms with Crippen LogP contribution in [0.1, 0.15) is 5.56 Å². The maximum atomic E-state index is 12.7. The van der Waals surface area contributed by atoms with Crippen molar-refractivity contribution >= 4 is 28.4 Å². The largest absolute Gasteiger partial charge is 0.317 e. The van der Waals surface area contributed by atoms with E-state index in [-0.39, 0.29) is 22.5 Å². The number of amides is 1. The van der Waals surface area contributed by atoms with Gasteiger partial charge in [-0.1, -0.05) is 30.0 Å². The lowest BCUT2D eigenvalue weighted by Gasteiger charge is -2.05. The molecule has 0 aromatic heterocycles. The van der Waals surface area contributed by atoms with E-state index in [9.17, 15) is 19.3 Å². The minimum Gasteiger partial charge on any atom is -0.317 e. The summed E-state index contributed by atoms with van der Waals surface area (Å²) in [6, 6.07) is 11.6. The highest BCUT2D eigenvalue weighted by atomic mass is 32.2. The Balaban J connectivity index is 1.95. The van der Waals surface area contributed by atoms with Crippen molar-refractivity contribution in [3.05, 3.63) is 70.0 Å². The summed E-state index contributed by atoms with van der Waals surface area (Å²) in [5, 5.41) is 13.1. The van der Waals surface area contributed by atoms with Crippen LogP contribution < -0.4 is 5.32 Å². The van der Waals surface area contributed by atoms with Gasteiger partial charge in [-0.25, -0.2) is 4.39 Å². The standard InChI is InChI=1S/C14H11FN2O3S/c15-11-5-7-12(8-6-11)16-14(18)21-9-10-3-1-2-4-13(10)17(19)20/h1-8H,9H2,(H,16,18). The first kappa shape index (κ1) is 15.0. The molecule has 2 aromatic rings. The van der Waals surface area contributed by atoms with Crippen molar-refractivity contribution in [2.45, 2.75) is 5.75 Å². The Bertz CT molecular complexity index is 662. The average Bonchev–Trinajstić information content (AvgIpc) is 2.48. The van der Waals surface area contributed by atoms with Crippen LogP contribution in [0.4, 0.5) is 20.6 Å². The summed E-state index contributed by atoms with van der Waals surface area (Å²) >= 11 is 0.912. The van der Waals surface area contributed by atoms with Crippen LogP contribution >= 0.6 is 11.8 Å². The molecule has 0 aliphatic rings. The number of halogens is 1. The van der Waals surface area contributed by atoms with E-state index in [1.54, 1.807) is 18.2 Å². The van der Waals surface area contributed by atoms with Gasteiger partial charge in [-0.15, -0.1) is 0 Å². The summed E-state index contributed by atoms with van der Waals surface area (Å²) in [6.07, 6.45) is 0. The number of hydrogen-bond donors (Lipinski definition) is 1. The topological polar surface area (TPSA) is 72.2 Å². The van der Waals surface area contributed by atoms with Crippen LogP contribution in [0.3, 0.4) is 0 Å². The minimum atomic E-state index is -0.478. The zero-order chi connectivity index (χ0) is 15.2. The Morgan fingerprint density at radius 2 is 1.86 bits per heavy atom. The van der Waals surface area contributed by atoms with E-state index in [1.807, 2.05) is 0 Å². The number of nitro groups is 1. The molecule has 0 radical (unpaired) electrons. The number of hydrogen-bond acceptors (Lipinski definition) is 4. The van der Waals surface area contributed by atoms with E-state index < -0.39 is 4.92 Å². The number of carbonyl (C=O) groups excluding carboxylic acids is 1. The molecular weight excluding hydrogens is 295 g/mol. The molecule has 1 amide bonds. The lowest BCUT2D eigenvalue weighted by molar-refractivity contribution is -0.385. The molecule has 2 aromatic carbocycles. The Labute approximate surface area is 124 Å². The van der Waals surface area contributed by atoms with Crippen LogP contribution in [0.25, 0.3) is 0 Å². The highest BCUT2D eigenvalue weighted by Crippen LogP contribution is 2.24. The summed E-state index contributed by atoms with van der Waals surface area (Å²) < 4.78 is 12.7. The number of rotatable bonds is 4. The van der Waals surface area contributed by atoms with Gasteiger partial charge in [0.2, 0.25) is 0 Å². The van der Waals surface area contributed by atoms with Crippen molar-refractivity contribution in [1.29, 1.82) is 0 Å². The van der Waals surface area contributed by atoms with Gasteiger partial charge in [-0.3, -0.25) is 14.9 Å². The van der Waals surface area contributed by atoms with Crippen molar-refractivity contribution in [2.24, 2.45) is 0 Å². The number of nitrogens with zero attached hydrogens (tertiary/aromatic N) is 1. The molecule has 0 saturated carbocycles. The van der Waals surface area contributed by atoms with Crippen LogP contribution in [0.15, 0.2) is 48.5 Å². The Morgan fingerprint density at radius 1 is 1.19 bits per heavy atom. The second kappa shape index (κ2) is 6.85. The van der Waals surface area contributed by atoms with Crippen molar-refractivity contribution in [3.8, 4) is 0 Å². The fourth-order valence-electron chi connectivity index (χ4n) is 1.64. The molecule has 0 bridgehead atoms. The van der Waals surface area contributed by atoms with Crippen LogP contribution in [-0.2, 0) is 5.75 Å². The molecule has 108 valence electrons. The summed E-state index contributed by atoms with van der Waals surface area (Å²) in [4.78, 5) is 22.1. The van der Waals surface area contributed by atoms with E-state index in [4.69, 9.17) is 0 Å². The molecule has 7 heteroatoms. The summed E-state index contributed by atoms with van der Waals surface area (Å²) in [7, 11) is 0. The molecule has 0 heterocycles. The third kappa shape index (κ3) is 4.28. The zero-order valence-electron chi connectivity index (χ0n) is 10.8. The normalized spacial score (nSPS) is 10.1. The fourth-order valence-corrected chi connectivity index (χ4v) is 2.36. The predicted octanol–water partition coefficient (Wildman–Crippen LogP) is 4.20. The van der Waals surface area contributed by atoms with E-state index in [2.05, 4.69) is 5.32 Å². The van der Waals surface area contributed by atoms with Gasteiger partial charge in [0.1, 0.15) is 5.82 Å². The molecule has 0 fully saturated rings. The Hall–Kier alpha value is -2.41. The molecular formula is C14H11FN2O3S. The lowest BCUT2D eigenvalue weighted by atomic mass is 10.2. The molecule has 0 aliphatic heterocycles. The van der Waals surface area contributed by atoms with Gasteiger partial charge in [0.15, 0.2) is 0 Å². The van der Waals surface area contributed by atoms with Gasteiger partial charge in [0.25, 0.3) is 10.9 Å². The smallest absolute Gasteiger partial charge is 0.283 e. The second-order valence-electron chi connectivity index (χ2n) is 4.09. The van der Waals surface area contributed by atoms with Gasteiger partial charge in [-0.2, -0.15) is 0 Å². The highest BCUT2D eigenvalue weighted by Gasteiger charge is 2.14. The molecule has 21 heavy (non-hydrogen) atoms. The van der Waals surface area contributed by atoms with Crippen molar-refractivity contribution in [2.75, 3.05) is 5.32 Å². The van der Waals surface area contributed by atoms with Gasteiger partial charge < -0.3 is 5.32 Å². The van der Waals surface area contributed by atoms with Gasteiger partial charge >= 0.3 is 0 Å². The van der Waals surface area contributed by atoms with Crippen molar-refractivity contribution in [3.63, 3.8) is 0 Å². The second-order valence-corrected chi connectivity index (χ2v) is 5.04. The number of benzene rings is 2. The number of anilines is 1. The zero-order valence-corrected chi connectivity index (χ0v) is 11.6. The van der Waals surface area contributed by atoms with Crippen LogP contribution in [0.5, 0.6) is 0 Å². The van der Waals surface area contributed by atoms with E-state index in [0.717, 1.165) is 11.8 Å². The monoisotopic (exact) mass is 306 g/mol. The lowest BCUT2D eigenvalue weighted by Crippen LogP contribution is -2.05. The van der Waals surface area contributed by atoms with Gasteiger partial charge in [0, 0.05) is 23.1 Å². The summed E-state index contributed by atoms with van der Waals surface area (Å²) in [6.45, 7) is 0. The first-order chi connectivity index (χ1) is 10.1. The third-order valence-corrected chi connectivity index (χ3v) is 3.46. The number of para-hydroxylation sites is 1. The number of carbonyl (C=O) groups is 1. The van der Waals surface area contributed by atoms with E-state index in [1.165, 1.54) is 30.3 Å². The summed E-state index contributed by atoms with van der Waals surface area (Å²) in [5.74, 6) is -0.204. The Kier molecular flexibility index (Phi) is 4.89. The van der Waals surface area contributed by atoms with Gasteiger partial charge in [0.05, 0.1) is 4.92 Å².